The Morgan fingerprint density at radius 2 is 2.15 bits per heavy atom. The molecule has 0 aliphatic heterocycles. The minimum Gasteiger partial charge on any atom is -0.494 e. The van der Waals surface area contributed by atoms with Crippen molar-refractivity contribution >= 4 is 16.5 Å². The van der Waals surface area contributed by atoms with Gasteiger partial charge in [-0.05, 0) is 37.3 Å². The molecule has 2 N–H and O–H groups in total. The summed E-state index contributed by atoms with van der Waals surface area (Å²) in [6, 6.07) is 11.0. The number of hydrogen-bond donors (Lipinski definition) is 1. The Morgan fingerprint density at radius 3 is 2.85 bits per heavy atom. The highest BCUT2D eigenvalue weighted by atomic mass is 32.2. The highest BCUT2D eigenvalue weighted by Crippen LogP contribution is 2.23. The topological polar surface area (TPSA) is 65.2 Å². The summed E-state index contributed by atoms with van der Waals surface area (Å²) < 4.78 is 17.8. The second-order valence-corrected chi connectivity index (χ2v) is 5.79. The molecule has 0 bridgehead atoms. The van der Waals surface area contributed by atoms with Gasteiger partial charge in [0.15, 0.2) is 0 Å². The van der Waals surface area contributed by atoms with E-state index in [1.54, 1.807) is 24.4 Å². The van der Waals surface area contributed by atoms with Crippen molar-refractivity contribution in [2.75, 3.05) is 18.1 Å². The molecule has 2 aromatic rings. The lowest BCUT2D eigenvalue weighted by molar-refractivity contribution is 0.339. The normalized spacial score (nSPS) is 12.1. The van der Waals surface area contributed by atoms with Crippen molar-refractivity contribution in [2.24, 2.45) is 0 Å². The SMILES string of the molecule is CCOc1ccc(N)c(S(=O)CCc2ccccn2)c1. The molecule has 0 saturated carbocycles. The van der Waals surface area contributed by atoms with Crippen LogP contribution in [0.2, 0.25) is 0 Å². The Morgan fingerprint density at radius 1 is 1.30 bits per heavy atom. The molecule has 0 fully saturated rings. The lowest BCUT2D eigenvalue weighted by Crippen LogP contribution is -2.06. The van der Waals surface area contributed by atoms with Gasteiger partial charge in [-0.1, -0.05) is 6.07 Å². The van der Waals surface area contributed by atoms with E-state index in [1.165, 1.54) is 0 Å². The lowest BCUT2D eigenvalue weighted by Gasteiger charge is -2.09. The molecule has 0 radical (unpaired) electrons. The van der Waals surface area contributed by atoms with E-state index in [9.17, 15) is 4.21 Å². The fourth-order valence-corrected chi connectivity index (χ4v) is 3.01. The van der Waals surface area contributed by atoms with E-state index in [-0.39, 0.29) is 0 Å². The third kappa shape index (κ3) is 3.81. The number of aryl methyl sites for hydroxylation is 1. The fourth-order valence-electron chi connectivity index (χ4n) is 1.82. The molecular formula is C15H18N2O2S. The largest absolute Gasteiger partial charge is 0.494 e. The number of rotatable bonds is 6. The summed E-state index contributed by atoms with van der Waals surface area (Å²) in [4.78, 5) is 4.85. The first-order valence-electron chi connectivity index (χ1n) is 6.51. The predicted octanol–water partition coefficient (Wildman–Crippen LogP) is 2.41. The summed E-state index contributed by atoms with van der Waals surface area (Å²) in [5.41, 5.74) is 7.36. The molecule has 5 heteroatoms. The van der Waals surface area contributed by atoms with Crippen LogP contribution in [-0.2, 0) is 17.2 Å². The number of hydrogen-bond acceptors (Lipinski definition) is 4. The predicted molar refractivity (Wildman–Crippen MR) is 81.2 cm³/mol. The number of aromatic nitrogens is 1. The molecule has 4 nitrogen and oxygen atoms in total. The summed E-state index contributed by atoms with van der Waals surface area (Å²) >= 11 is 0. The number of nitrogen functional groups attached to an aromatic ring is 1. The van der Waals surface area contributed by atoms with Gasteiger partial charge in [0.25, 0.3) is 0 Å². The van der Waals surface area contributed by atoms with Gasteiger partial charge in [-0.3, -0.25) is 9.19 Å². The van der Waals surface area contributed by atoms with Crippen molar-refractivity contribution in [1.82, 2.24) is 4.98 Å². The van der Waals surface area contributed by atoms with E-state index in [1.807, 2.05) is 25.1 Å². The third-order valence-electron chi connectivity index (χ3n) is 2.81. The Bertz CT molecular complexity index is 588. The Balaban J connectivity index is 2.06. The van der Waals surface area contributed by atoms with Gasteiger partial charge in [-0.15, -0.1) is 0 Å². The first kappa shape index (κ1) is 14.5. The highest BCUT2D eigenvalue weighted by molar-refractivity contribution is 7.85. The maximum absolute atomic E-state index is 12.3. The van der Waals surface area contributed by atoms with Gasteiger partial charge in [0.2, 0.25) is 0 Å². The number of ether oxygens (including phenoxy) is 1. The van der Waals surface area contributed by atoms with Gasteiger partial charge in [-0.2, -0.15) is 0 Å². The summed E-state index contributed by atoms with van der Waals surface area (Å²) in [7, 11) is -1.15. The first-order chi connectivity index (χ1) is 9.70. The first-order valence-corrected chi connectivity index (χ1v) is 7.83. The van der Waals surface area contributed by atoms with Crippen molar-refractivity contribution < 1.29 is 8.95 Å². The van der Waals surface area contributed by atoms with Crippen LogP contribution in [0.1, 0.15) is 12.6 Å². The van der Waals surface area contributed by atoms with Crippen LogP contribution in [0.5, 0.6) is 5.75 Å². The monoisotopic (exact) mass is 290 g/mol. The lowest BCUT2D eigenvalue weighted by atomic mass is 10.3. The third-order valence-corrected chi connectivity index (χ3v) is 4.23. The standard InChI is InChI=1S/C15H18N2O2S/c1-2-19-13-6-7-14(16)15(11-13)20(18)10-8-12-5-3-4-9-17-12/h3-7,9,11H,2,8,10,16H2,1H3. The van der Waals surface area contributed by atoms with Gasteiger partial charge in [0.05, 0.1) is 22.3 Å². The summed E-state index contributed by atoms with van der Waals surface area (Å²) in [6.45, 7) is 2.48. The molecule has 1 heterocycles. The van der Waals surface area contributed by atoms with Crippen molar-refractivity contribution in [3.63, 3.8) is 0 Å². The zero-order valence-electron chi connectivity index (χ0n) is 11.4. The molecule has 0 aliphatic carbocycles. The maximum Gasteiger partial charge on any atom is 0.120 e. The van der Waals surface area contributed by atoms with Crippen molar-refractivity contribution in [3.05, 3.63) is 48.3 Å². The summed E-state index contributed by atoms with van der Waals surface area (Å²) in [6.07, 6.45) is 2.40. The van der Waals surface area contributed by atoms with Crippen molar-refractivity contribution in [3.8, 4) is 5.75 Å². The second kappa shape index (κ2) is 7.05. The number of nitrogens with zero attached hydrogens (tertiary/aromatic N) is 1. The minimum atomic E-state index is -1.15. The van der Waals surface area contributed by atoms with Crippen molar-refractivity contribution in [2.45, 2.75) is 18.2 Å². The molecule has 0 saturated heterocycles. The van der Waals surface area contributed by atoms with Crippen LogP contribution >= 0.6 is 0 Å². The van der Waals surface area contributed by atoms with Crippen LogP contribution < -0.4 is 10.5 Å². The molecule has 1 aromatic heterocycles. The molecule has 1 unspecified atom stereocenters. The Labute approximate surface area is 121 Å². The molecular weight excluding hydrogens is 272 g/mol. The summed E-state index contributed by atoms with van der Waals surface area (Å²) in [5, 5.41) is 0. The smallest absolute Gasteiger partial charge is 0.120 e. The number of anilines is 1. The van der Waals surface area contributed by atoms with E-state index in [4.69, 9.17) is 10.5 Å². The number of pyridine rings is 1. The van der Waals surface area contributed by atoms with E-state index in [2.05, 4.69) is 4.98 Å². The quantitative estimate of drug-likeness (QED) is 0.830. The van der Waals surface area contributed by atoms with Crippen molar-refractivity contribution in [1.29, 1.82) is 0 Å². The van der Waals surface area contributed by atoms with Crippen LogP contribution in [0.25, 0.3) is 0 Å². The van der Waals surface area contributed by atoms with Crippen LogP contribution in [-0.4, -0.2) is 21.6 Å². The molecule has 1 aromatic carbocycles. The molecule has 20 heavy (non-hydrogen) atoms. The van der Waals surface area contributed by atoms with Crippen LogP contribution in [0.3, 0.4) is 0 Å². The molecule has 0 amide bonds. The van der Waals surface area contributed by atoms with E-state index in [0.717, 1.165) is 5.69 Å². The van der Waals surface area contributed by atoms with E-state index < -0.39 is 10.8 Å². The van der Waals surface area contributed by atoms with Crippen LogP contribution in [0.4, 0.5) is 5.69 Å². The number of nitrogens with two attached hydrogens (primary N) is 1. The van der Waals surface area contributed by atoms with Crippen LogP contribution in [0.15, 0.2) is 47.5 Å². The van der Waals surface area contributed by atoms with E-state index in [0.29, 0.717) is 35.1 Å². The maximum atomic E-state index is 12.3. The minimum absolute atomic E-state index is 0.497. The fraction of sp³-hybridized carbons (Fsp3) is 0.267. The number of benzene rings is 1. The van der Waals surface area contributed by atoms with Gasteiger partial charge >= 0.3 is 0 Å². The Kier molecular flexibility index (Phi) is 5.12. The zero-order valence-corrected chi connectivity index (χ0v) is 12.2. The zero-order chi connectivity index (χ0) is 14.4. The summed E-state index contributed by atoms with van der Waals surface area (Å²) in [5.74, 6) is 1.19. The van der Waals surface area contributed by atoms with E-state index >= 15 is 0 Å². The average molecular weight is 290 g/mol. The van der Waals surface area contributed by atoms with Gasteiger partial charge in [0, 0.05) is 29.8 Å². The average Bonchev–Trinajstić information content (AvgIpc) is 2.48. The molecule has 0 aliphatic rings. The molecule has 1 atom stereocenters. The molecule has 106 valence electrons. The van der Waals surface area contributed by atoms with Gasteiger partial charge in [-0.25, -0.2) is 0 Å². The molecule has 2 rings (SSSR count). The molecule has 0 spiro atoms. The van der Waals surface area contributed by atoms with Gasteiger partial charge < -0.3 is 10.5 Å². The Hall–Kier alpha value is -1.88. The van der Waals surface area contributed by atoms with Crippen LogP contribution in [0, 0.1) is 0 Å². The second-order valence-electron chi connectivity index (χ2n) is 4.25. The van der Waals surface area contributed by atoms with Gasteiger partial charge in [0.1, 0.15) is 5.75 Å². The highest BCUT2D eigenvalue weighted by Gasteiger charge is 2.10.